The summed E-state index contributed by atoms with van der Waals surface area (Å²) in [4.78, 5) is 72.7. The standard InChI is InChI=1S/C75H136O17P2/c1-5-9-13-17-21-25-29-32-34-37-40-43-47-51-55-59-72(77)85-65-70(91-74(79)61-57-53-49-45-39-28-24-20-16-12-8-4)67-89-93(81,82)87-63-69(76)64-88-94(83,84)90-68-71(92-75(80)62-58-54-50-46-42-36-31-27-23-19-15-11-7-3)66-86-73(78)60-56-52-48-44-41-38-35-33-30-26-22-18-14-10-6-2/h9,13,20-21,24-25,32-35,69-71,76H,5-8,10-12,14-19,22-23,26-31,36-68H2,1-4H3,(H,81,82)(H,83,84)/b13-9-,24-20-,25-21-,34-32-,35-33-. The van der Waals surface area contributed by atoms with E-state index in [1.807, 2.05) is 0 Å². The quantitative estimate of drug-likeness (QED) is 0.0169. The van der Waals surface area contributed by atoms with Gasteiger partial charge in [-0.15, -0.1) is 0 Å². The number of allylic oxidation sites excluding steroid dienone is 10. The summed E-state index contributed by atoms with van der Waals surface area (Å²) in [5, 5.41) is 10.6. The lowest BCUT2D eigenvalue weighted by Gasteiger charge is -2.21. The molecule has 0 aromatic carbocycles. The van der Waals surface area contributed by atoms with Gasteiger partial charge in [0.2, 0.25) is 0 Å². The van der Waals surface area contributed by atoms with Crippen LogP contribution < -0.4 is 0 Å². The summed E-state index contributed by atoms with van der Waals surface area (Å²) >= 11 is 0. The molecule has 0 bridgehead atoms. The van der Waals surface area contributed by atoms with Gasteiger partial charge in [0.1, 0.15) is 19.3 Å². The second-order valence-corrected chi connectivity index (χ2v) is 28.1. The third-order valence-corrected chi connectivity index (χ3v) is 17.9. The van der Waals surface area contributed by atoms with Crippen LogP contribution in [0.3, 0.4) is 0 Å². The summed E-state index contributed by atoms with van der Waals surface area (Å²) in [7, 11) is -9.93. The highest BCUT2D eigenvalue weighted by Crippen LogP contribution is 2.45. The molecule has 17 nitrogen and oxygen atoms in total. The molecule has 0 saturated carbocycles. The fourth-order valence-electron chi connectivity index (χ4n) is 10.2. The molecule has 0 aromatic heterocycles. The number of carbonyl (C=O) groups excluding carboxylic acids is 4. The van der Waals surface area contributed by atoms with E-state index < -0.39 is 97.5 Å². The molecule has 19 heteroatoms. The molecule has 0 rings (SSSR count). The Morgan fingerprint density at radius 1 is 0.309 bits per heavy atom. The van der Waals surface area contributed by atoms with Crippen molar-refractivity contribution < 1.29 is 80.2 Å². The first-order chi connectivity index (χ1) is 45.7. The number of esters is 4. The number of carbonyl (C=O) groups is 4. The number of phosphoric ester groups is 2. The van der Waals surface area contributed by atoms with Crippen LogP contribution in [0.5, 0.6) is 0 Å². The third-order valence-electron chi connectivity index (χ3n) is 16.0. The summed E-state index contributed by atoms with van der Waals surface area (Å²) < 4.78 is 68.4. The fourth-order valence-corrected chi connectivity index (χ4v) is 11.8. The minimum absolute atomic E-state index is 0.0835. The molecule has 0 spiro atoms. The highest BCUT2D eigenvalue weighted by Gasteiger charge is 2.30. The van der Waals surface area contributed by atoms with E-state index in [9.17, 15) is 43.2 Å². The highest BCUT2D eigenvalue weighted by molar-refractivity contribution is 7.47. The predicted octanol–water partition coefficient (Wildman–Crippen LogP) is 21.1. The van der Waals surface area contributed by atoms with Gasteiger partial charge in [0.15, 0.2) is 12.2 Å². The van der Waals surface area contributed by atoms with Crippen LogP contribution in [0.15, 0.2) is 60.8 Å². The van der Waals surface area contributed by atoms with Crippen molar-refractivity contribution in [1.29, 1.82) is 0 Å². The van der Waals surface area contributed by atoms with E-state index >= 15 is 0 Å². The number of aliphatic hydroxyl groups excluding tert-OH is 1. The average Bonchev–Trinajstić information content (AvgIpc) is 1.35. The smallest absolute Gasteiger partial charge is 0.462 e. The zero-order valence-corrected chi connectivity index (χ0v) is 61.4. The van der Waals surface area contributed by atoms with Crippen molar-refractivity contribution >= 4 is 39.5 Å². The van der Waals surface area contributed by atoms with E-state index in [0.29, 0.717) is 25.7 Å². The molecule has 0 aliphatic rings. The maximum Gasteiger partial charge on any atom is 0.472 e. The van der Waals surface area contributed by atoms with Crippen molar-refractivity contribution in [2.45, 2.75) is 354 Å². The van der Waals surface area contributed by atoms with Crippen LogP contribution in [0.1, 0.15) is 336 Å². The molecule has 0 aliphatic heterocycles. The Hall–Kier alpha value is -3.24. The van der Waals surface area contributed by atoms with Gasteiger partial charge in [-0.25, -0.2) is 9.13 Å². The number of phosphoric acid groups is 2. The Kier molecular flexibility index (Phi) is 65.9. The predicted molar refractivity (Wildman–Crippen MR) is 381 cm³/mol. The molecule has 0 fully saturated rings. The van der Waals surface area contributed by atoms with Gasteiger partial charge >= 0.3 is 39.5 Å². The number of rotatable bonds is 71. The van der Waals surface area contributed by atoms with Gasteiger partial charge in [-0.05, 0) is 103 Å². The molecule has 0 radical (unpaired) electrons. The zero-order chi connectivity index (χ0) is 69.0. The first-order valence-electron chi connectivity index (χ1n) is 37.5. The molecule has 0 heterocycles. The van der Waals surface area contributed by atoms with Crippen LogP contribution in [0.2, 0.25) is 0 Å². The van der Waals surface area contributed by atoms with Crippen molar-refractivity contribution in [3.8, 4) is 0 Å². The lowest BCUT2D eigenvalue weighted by atomic mass is 10.0. The molecule has 94 heavy (non-hydrogen) atoms. The molecule has 3 N–H and O–H groups in total. The summed E-state index contributed by atoms with van der Waals surface area (Å²) in [6.45, 7) is 4.72. The van der Waals surface area contributed by atoms with Crippen LogP contribution in [0.25, 0.3) is 0 Å². The molecule has 5 atom stereocenters. The summed E-state index contributed by atoms with van der Waals surface area (Å²) in [6, 6.07) is 0. The second-order valence-electron chi connectivity index (χ2n) is 25.2. The maximum absolute atomic E-state index is 13.0. The zero-order valence-electron chi connectivity index (χ0n) is 59.6. The summed E-state index contributed by atoms with van der Waals surface area (Å²) in [5.74, 6) is -2.19. The van der Waals surface area contributed by atoms with Crippen molar-refractivity contribution in [2.24, 2.45) is 0 Å². The molecule has 0 amide bonds. The Balaban J connectivity index is 5.30. The molecule has 0 saturated heterocycles. The Bertz CT molecular complexity index is 2030. The van der Waals surface area contributed by atoms with E-state index in [0.717, 1.165) is 154 Å². The Labute approximate surface area is 571 Å². The first kappa shape index (κ1) is 90.8. The van der Waals surface area contributed by atoms with Crippen LogP contribution in [-0.2, 0) is 65.4 Å². The van der Waals surface area contributed by atoms with Crippen molar-refractivity contribution in [1.82, 2.24) is 0 Å². The molecular formula is C75H136O17P2. The van der Waals surface area contributed by atoms with Gasteiger partial charge in [0.25, 0.3) is 0 Å². The lowest BCUT2D eigenvalue weighted by molar-refractivity contribution is -0.161. The molecule has 548 valence electrons. The SMILES string of the molecule is CC/C=C\C/C=C\C/C=C\CCCCCCCC(=O)OCC(COP(=O)(O)OCC(O)COP(=O)(O)OCC(COC(=O)CCCCCCC/C=C\CCCCCCCC)OC(=O)CCCCCCCCCCCCCCC)OC(=O)CCCCCCC/C=C\CCCC. The van der Waals surface area contributed by atoms with E-state index in [4.69, 9.17) is 37.0 Å². The van der Waals surface area contributed by atoms with E-state index in [1.165, 1.54) is 103 Å². The second kappa shape index (κ2) is 68.3. The van der Waals surface area contributed by atoms with Gasteiger partial charge in [0, 0.05) is 25.7 Å². The number of aliphatic hydroxyl groups is 1. The first-order valence-corrected chi connectivity index (χ1v) is 40.5. The highest BCUT2D eigenvalue weighted by atomic mass is 31.2. The van der Waals surface area contributed by atoms with Crippen LogP contribution in [0, 0.1) is 0 Å². The van der Waals surface area contributed by atoms with Crippen LogP contribution in [0.4, 0.5) is 0 Å². The van der Waals surface area contributed by atoms with Gasteiger partial charge < -0.3 is 33.8 Å². The van der Waals surface area contributed by atoms with Crippen molar-refractivity contribution in [3.05, 3.63) is 60.8 Å². The number of hydrogen-bond acceptors (Lipinski definition) is 15. The van der Waals surface area contributed by atoms with E-state index in [2.05, 4.69) is 88.5 Å². The topological polar surface area (TPSA) is 237 Å². The molecule has 0 aromatic rings. The van der Waals surface area contributed by atoms with Crippen LogP contribution in [-0.4, -0.2) is 96.7 Å². The molecule has 5 unspecified atom stereocenters. The van der Waals surface area contributed by atoms with Gasteiger partial charge in [-0.1, -0.05) is 268 Å². The van der Waals surface area contributed by atoms with Gasteiger partial charge in [-0.2, -0.15) is 0 Å². The lowest BCUT2D eigenvalue weighted by Crippen LogP contribution is -2.30. The third kappa shape index (κ3) is 67.3. The maximum atomic E-state index is 13.0. The van der Waals surface area contributed by atoms with Gasteiger partial charge in [-0.3, -0.25) is 37.3 Å². The monoisotopic (exact) mass is 1370 g/mol. The fraction of sp³-hybridized carbons (Fsp3) is 0.813. The largest absolute Gasteiger partial charge is 0.472 e. The van der Waals surface area contributed by atoms with Crippen molar-refractivity contribution in [3.63, 3.8) is 0 Å². The minimum atomic E-state index is -4.97. The van der Waals surface area contributed by atoms with E-state index in [-0.39, 0.29) is 25.7 Å². The number of hydrogen-bond donors (Lipinski definition) is 3. The normalized spacial score (nSPS) is 14.3. The molecule has 0 aliphatic carbocycles. The number of unbranched alkanes of at least 4 members (excludes halogenated alkanes) is 35. The average molecular weight is 1370 g/mol. The summed E-state index contributed by atoms with van der Waals surface area (Å²) in [6.07, 6.45) is 65.0. The van der Waals surface area contributed by atoms with Crippen LogP contribution >= 0.6 is 15.6 Å². The van der Waals surface area contributed by atoms with Crippen molar-refractivity contribution in [2.75, 3.05) is 39.6 Å². The number of ether oxygens (including phenoxy) is 4. The Morgan fingerprint density at radius 2 is 0.564 bits per heavy atom. The Morgan fingerprint density at radius 3 is 0.894 bits per heavy atom. The van der Waals surface area contributed by atoms with E-state index in [1.54, 1.807) is 0 Å². The summed E-state index contributed by atoms with van der Waals surface area (Å²) in [5.41, 5.74) is 0. The minimum Gasteiger partial charge on any atom is -0.462 e. The van der Waals surface area contributed by atoms with Gasteiger partial charge in [0.05, 0.1) is 26.4 Å². The molecular weight excluding hydrogens is 1230 g/mol.